The Balaban J connectivity index is 2.36. The highest BCUT2D eigenvalue weighted by Crippen LogP contribution is 2.31. The van der Waals surface area contributed by atoms with E-state index in [2.05, 4.69) is 4.72 Å². The van der Waals surface area contributed by atoms with E-state index in [-0.39, 0.29) is 10.6 Å². The van der Waals surface area contributed by atoms with Crippen LogP contribution in [-0.2, 0) is 10.0 Å². The van der Waals surface area contributed by atoms with Crippen LogP contribution in [0.15, 0.2) is 53.4 Å². The molecule has 3 N–H and O–H groups in total. The van der Waals surface area contributed by atoms with Crippen molar-refractivity contribution < 1.29 is 13.2 Å². The highest BCUT2D eigenvalue weighted by atomic mass is 32.2. The molecule has 0 saturated heterocycles. The second-order valence-corrected chi connectivity index (χ2v) is 6.22. The lowest BCUT2D eigenvalue weighted by molar-refractivity contribution is 0.469. The number of nitrogens with one attached hydrogen (secondary N) is 1. The summed E-state index contributed by atoms with van der Waals surface area (Å²) in [5.74, 6) is 0.676. The number of rotatable bonds is 6. The van der Waals surface area contributed by atoms with E-state index in [1.165, 1.54) is 6.07 Å². The van der Waals surface area contributed by atoms with Crippen LogP contribution < -0.4 is 15.2 Å². The number of hydrogen-bond donors (Lipinski definition) is 2. The summed E-state index contributed by atoms with van der Waals surface area (Å²) in [6.07, 6.45) is 0.716. The Morgan fingerprint density at radius 2 is 1.67 bits per heavy atom. The summed E-state index contributed by atoms with van der Waals surface area (Å²) in [5, 5.41) is 0. The van der Waals surface area contributed by atoms with E-state index >= 15 is 0 Å². The fraction of sp³-hybridized carbons (Fsp3) is 0.200. The van der Waals surface area contributed by atoms with Gasteiger partial charge in [0.25, 0.3) is 0 Å². The Morgan fingerprint density at radius 3 is 2.33 bits per heavy atom. The Bertz CT molecular complexity index is 714. The first-order chi connectivity index (χ1) is 10.0. The van der Waals surface area contributed by atoms with Crippen molar-refractivity contribution in [3.05, 3.63) is 48.5 Å². The third-order valence-corrected chi connectivity index (χ3v) is 4.32. The van der Waals surface area contributed by atoms with Gasteiger partial charge in [-0.25, -0.2) is 13.1 Å². The van der Waals surface area contributed by atoms with Gasteiger partial charge in [0.2, 0.25) is 10.0 Å². The van der Waals surface area contributed by atoms with Gasteiger partial charge in [-0.15, -0.1) is 0 Å². The lowest BCUT2D eigenvalue weighted by Crippen LogP contribution is -2.24. The Kier molecular flexibility index (Phi) is 4.82. The minimum atomic E-state index is -3.60. The minimum Gasteiger partial charge on any atom is -0.454 e. The average Bonchev–Trinajstić information content (AvgIpc) is 2.48. The molecule has 5 nitrogen and oxygen atoms in total. The molecule has 0 fully saturated rings. The van der Waals surface area contributed by atoms with Gasteiger partial charge in [-0.1, -0.05) is 31.2 Å². The quantitative estimate of drug-likeness (QED) is 0.804. The molecule has 0 aliphatic rings. The largest absolute Gasteiger partial charge is 0.454 e. The summed E-state index contributed by atoms with van der Waals surface area (Å²) < 4.78 is 32.7. The zero-order valence-electron chi connectivity index (χ0n) is 11.7. The van der Waals surface area contributed by atoms with Crippen molar-refractivity contribution in [1.82, 2.24) is 4.72 Å². The van der Waals surface area contributed by atoms with Crippen molar-refractivity contribution in [2.45, 2.75) is 18.2 Å². The standard InChI is InChI=1S/C15H18N2O3S/c1-2-11-17-21(18,19)15-10-6-5-9-14(15)20-13-8-4-3-7-12(13)16/h3-10,17H,2,11,16H2,1H3. The lowest BCUT2D eigenvalue weighted by Gasteiger charge is -2.13. The molecule has 2 aromatic carbocycles. The molecule has 2 rings (SSSR count). The number of nitrogens with two attached hydrogens (primary N) is 1. The number of ether oxygens (including phenoxy) is 1. The van der Waals surface area contributed by atoms with Crippen molar-refractivity contribution in [2.75, 3.05) is 12.3 Å². The molecular formula is C15H18N2O3S. The first-order valence-electron chi connectivity index (χ1n) is 6.65. The second-order valence-electron chi connectivity index (χ2n) is 4.48. The number of benzene rings is 2. The van der Waals surface area contributed by atoms with Crippen LogP contribution in [0.5, 0.6) is 11.5 Å². The minimum absolute atomic E-state index is 0.0988. The zero-order chi connectivity index (χ0) is 15.3. The van der Waals surface area contributed by atoms with Crippen molar-refractivity contribution in [3.63, 3.8) is 0 Å². The number of nitrogen functional groups attached to an aromatic ring is 1. The van der Waals surface area contributed by atoms with Gasteiger partial charge in [0, 0.05) is 6.54 Å². The van der Waals surface area contributed by atoms with Gasteiger partial charge >= 0.3 is 0 Å². The second kappa shape index (κ2) is 6.60. The lowest BCUT2D eigenvalue weighted by atomic mass is 10.3. The summed E-state index contributed by atoms with van der Waals surface area (Å²) in [6, 6.07) is 13.4. The zero-order valence-corrected chi connectivity index (χ0v) is 12.6. The van der Waals surface area contributed by atoms with Gasteiger partial charge in [0.05, 0.1) is 5.69 Å². The molecule has 0 spiro atoms. The first-order valence-corrected chi connectivity index (χ1v) is 8.14. The van der Waals surface area contributed by atoms with E-state index in [0.717, 1.165) is 0 Å². The van der Waals surface area contributed by atoms with Gasteiger partial charge in [-0.05, 0) is 30.7 Å². The topological polar surface area (TPSA) is 81.4 Å². The number of sulfonamides is 1. The third kappa shape index (κ3) is 3.74. The van der Waals surface area contributed by atoms with Gasteiger partial charge in [-0.2, -0.15) is 0 Å². The molecule has 0 atom stereocenters. The molecule has 0 unspecified atom stereocenters. The molecule has 6 heteroatoms. The van der Waals surface area contributed by atoms with Crippen LogP contribution in [0.25, 0.3) is 0 Å². The van der Waals surface area contributed by atoms with E-state index in [1.807, 2.05) is 6.92 Å². The van der Waals surface area contributed by atoms with Crippen LogP contribution in [0, 0.1) is 0 Å². The number of para-hydroxylation sites is 3. The smallest absolute Gasteiger partial charge is 0.244 e. The first kappa shape index (κ1) is 15.3. The predicted octanol–water partition coefficient (Wildman–Crippen LogP) is 2.75. The molecule has 0 saturated carbocycles. The van der Waals surface area contributed by atoms with Gasteiger partial charge in [0.1, 0.15) is 16.4 Å². The van der Waals surface area contributed by atoms with E-state index in [9.17, 15) is 8.42 Å². The summed E-state index contributed by atoms with van der Waals surface area (Å²) in [5.41, 5.74) is 6.27. The molecule has 21 heavy (non-hydrogen) atoms. The predicted molar refractivity (Wildman–Crippen MR) is 82.8 cm³/mol. The molecule has 0 bridgehead atoms. The SMILES string of the molecule is CCCNS(=O)(=O)c1ccccc1Oc1ccccc1N. The number of anilines is 1. The molecule has 0 aliphatic heterocycles. The molecular weight excluding hydrogens is 288 g/mol. The fourth-order valence-electron chi connectivity index (χ4n) is 1.76. The summed E-state index contributed by atoms with van der Waals surface area (Å²) in [7, 11) is -3.60. The molecule has 2 aromatic rings. The highest BCUT2D eigenvalue weighted by molar-refractivity contribution is 7.89. The highest BCUT2D eigenvalue weighted by Gasteiger charge is 2.19. The van der Waals surface area contributed by atoms with Crippen LogP contribution in [0.2, 0.25) is 0 Å². The maximum absolute atomic E-state index is 12.3. The Labute approximate surface area is 124 Å². The van der Waals surface area contributed by atoms with Crippen LogP contribution in [0.1, 0.15) is 13.3 Å². The van der Waals surface area contributed by atoms with Crippen LogP contribution in [0.3, 0.4) is 0 Å². The van der Waals surface area contributed by atoms with Crippen molar-refractivity contribution in [3.8, 4) is 11.5 Å². The molecule has 0 aromatic heterocycles. The van der Waals surface area contributed by atoms with Crippen LogP contribution >= 0.6 is 0 Å². The third-order valence-electron chi connectivity index (χ3n) is 2.82. The summed E-state index contributed by atoms with van der Waals surface area (Å²) >= 11 is 0. The molecule has 112 valence electrons. The molecule has 0 radical (unpaired) electrons. The van der Waals surface area contributed by atoms with E-state index in [4.69, 9.17) is 10.5 Å². The van der Waals surface area contributed by atoms with Crippen LogP contribution in [-0.4, -0.2) is 15.0 Å². The monoisotopic (exact) mass is 306 g/mol. The van der Waals surface area contributed by atoms with E-state index in [0.29, 0.717) is 24.4 Å². The summed E-state index contributed by atoms with van der Waals surface area (Å²) in [6.45, 7) is 2.28. The van der Waals surface area contributed by atoms with Crippen molar-refractivity contribution >= 4 is 15.7 Å². The number of hydrogen-bond acceptors (Lipinski definition) is 4. The molecule has 0 amide bonds. The summed E-state index contributed by atoms with van der Waals surface area (Å²) in [4.78, 5) is 0.0988. The Morgan fingerprint density at radius 1 is 1.05 bits per heavy atom. The molecule has 0 aliphatic carbocycles. The van der Waals surface area contributed by atoms with Gasteiger partial charge in [-0.3, -0.25) is 0 Å². The van der Waals surface area contributed by atoms with Crippen LogP contribution in [0.4, 0.5) is 5.69 Å². The van der Waals surface area contributed by atoms with Gasteiger partial charge in [0.15, 0.2) is 0 Å². The maximum atomic E-state index is 12.3. The molecule has 0 heterocycles. The van der Waals surface area contributed by atoms with E-state index < -0.39 is 10.0 Å². The van der Waals surface area contributed by atoms with Crippen molar-refractivity contribution in [2.24, 2.45) is 0 Å². The fourth-order valence-corrected chi connectivity index (χ4v) is 3.02. The normalized spacial score (nSPS) is 11.3. The van der Waals surface area contributed by atoms with E-state index in [1.54, 1.807) is 42.5 Å². The Hall–Kier alpha value is -2.05. The maximum Gasteiger partial charge on any atom is 0.244 e. The average molecular weight is 306 g/mol. The van der Waals surface area contributed by atoms with Gasteiger partial charge < -0.3 is 10.5 Å². The van der Waals surface area contributed by atoms with Crippen molar-refractivity contribution in [1.29, 1.82) is 0 Å².